The molecule has 1 aromatic heterocycles. The summed E-state index contributed by atoms with van der Waals surface area (Å²) in [5, 5.41) is -0.380. The van der Waals surface area contributed by atoms with Crippen molar-refractivity contribution in [1.82, 2.24) is 14.3 Å². The summed E-state index contributed by atoms with van der Waals surface area (Å²) in [6.45, 7) is 4.04. The van der Waals surface area contributed by atoms with Gasteiger partial charge >= 0.3 is 0 Å². The molecule has 7 heteroatoms. The summed E-state index contributed by atoms with van der Waals surface area (Å²) < 4.78 is 32.5. The Bertz CT molecular complexity index is 840. The van der Waals surface area contributed by atoms with E-state index in [0.29, 0.717) is 32.7 Å². The Morgan fingerprint density at radius 2 is 2.21 bits per heavy atom. The van der Waals surface area contributed by atoms with Gasteiger partial charge in [0.15, 0.2) is 0 Å². The summed E-state index contributed by atoms with van der Waals surface area (Å²) in [6.07, 6.45) is 2.44. The predicted molar refractivity (Wildman–Crippen MR) is 92.5 cm³/mol. The van der Waals surface area contributed by atoms with Crippen LogP contribution in [-0.4, -0.2) is 54.2 Å². The highest BCUT2D eigenvalue weighted by Crippen LogP contribution is 2.30. The van der Waals surface area contributed by atoms with Crippen molar-refractivity contribution in [1.29, 1.82) is 0 Å². The molecule has 0 spiro atoms. The van der Waals surface area contributed by atoms with Crippen molar-refractivity contribution in [2.24, 2.45) is 0 Å². The normalized spacial score (nSPS) is 26.2. The summed E-state index contributed by atoms with van der Waals surface area (Å²) in [4.78, 5) is 8.08. The summed E-state index contributed by atoms with van der Waals surface area (Å²) in [6, 6.07) is 6.14. The Balaban J connectivity index is 1.57. The van der Waals surface area contributed by atoms with Gasteiger partial charge in [0.25, 0.3) is 0 Å². The van der Waals surface area contributed by atoms with Crippen LogP contribution in [-0.2, 0) is 14.8 Å². The number of imidazole rings is 1. The quantitative estimate of drug-likeness (QED) is 0.921. The number of ether oxygens (including phenoxy) is 1. The molecule has 2 fully saturated rings. The van der Waals surface area contributed by atoms with Crippen LogP contribution in [0.3, 0.4) is 0 Å². The Kier molecular flexibility index (Phi) is 4.10. The van der Waals surface area contributed by atoms with Crippen LogP contribution in [0.15, 0.2) is 18.2 Å². The maximum Gasteiger partial charge on any atom is 0.219 e. The first-order valence-electron chi connectivity index (χ1n) is 8.57. The van der Waals surface area contributed by atoms with Crippen molar-refractivity contribution in [3.63, 3.8) is 0 Å². The van der Waals surface area contributed by atoms with Crippen LogP contribution in [0, 0.1) is 6.92 Å². The van der Waals surface area contributed by atoms with Crippen LogP contribution >= 0.6 is 0 Å². The average Bonchev–Trinajstić information content (AvgIpc) is 3.24. The molecular weight excluding hydrogens is 326 g/mol. The number of rotatable bonds is 3. The minimum absolute atomic E-state index is 0.128. The number of fused-ring (bicyclic) bond motifs is 1. The minimum atomic E-state index is -3.27. The molecule has 6 nitrogen and oxygen atoms in total. The summed E-state index contributed by atoms with van der Waals surface area (Å²) in [7, 11) is -3.27. The molecule has 24 heavy (non-hydrogen) atoms. The van der Waals surface area contributed by atoms with Crippen LogP contribution in [0.2, 0.25) is 0 Å². The third kappa shape index (κ3) is 2.85. The zero-order valence-electron chi connectivity index (χ0n) is 13.9. The Hall–Kier alpha value is -1.44. The zero-order valence-corrected chi connectivity index (χ0v) is 14.7. The van der Waals surface area contributed by atoms with Gasteiger partial charge in [0, 0.05) is 25.6 Å². The van der Waals surface area contributed by atoms with Crippen LogP contribution in [0.25, 0.3) is 11.0 Å². The largest absolute Gasteiger partial charge is 0.380 e. The first-order valence-corrected chi connectivity index (χ1v) is 10.1. The fourth-order valence-electron chi connectivity index (χ4n) is 3.69. The Morgan fingerprint density at radius 1 is 1.33 bits per heavy atom. The maximum absolute atomic E-state index is 12.8. The molecule has 1 aromatic carbocycles. The molecule has 0 saturated carbocycles. The van der Waals surface area contributed by atoms with Gasteiger partial charge in [-0.3, -0.25) is 0 Å². The molecule has 1 N–H and O–H groups in total. The van der Waals surface area contributed by atoms with E-state index in [-0.39, 0.29) is 11.2 Å². The number of aryl methyl sites for hydroxylation is 1. The van der Waals surface area contributed by atoms with Crippen molar-refractivity contribution in [3.05, 3.63) is 29.6 Å². The number of sulfonamides is 1. The second-order valence-electron chi connectivity index (χ2n) is 6.87. The van der Waals surface area contributed by atoms with Gasteiger partial charge in [0.05, 0.1) is 17.6 Å². The molecule has 4 rings (SSSR count). The van der Waals surface area contributed by atoms with Gasteiger partial charge < -0.3 is 9.72 Å². The molecule has 2 aliphatic rings. The smallest absolute Gasteiger partial charge is 0.219 e. The Labute approximate surface area is 142 Å². The Morgan fingerprint density at radius 3 is 3.00 bits per heavy atom. The van der Waals surface area contributed by atoms with Gasteiger partial charge in [0.1, 0.15) is 11.1 Å². The first-order chi connectivity index (χ1) is 11.5. The molecule has 3 heterocycles. The van der Waals surface area contributed by atoms with E-state index in [2.05, 4.69) is 23.0 Å². The first kappa shape index (κ1) is 16.1. The molecule has 2 atom stereocenters. The van der Waals surface area contributed by atoms with Gasteiger partial charge in [-0.2, -0.15) is 0 Å². The van der Waals surface area contributed by atoms with Crippen LogP contribution < -0.4 is 0 Å². The van der Waals surface area contributed by atoms with E-state index in [1.807, 2.05) is 12.1 Å². The summed E-state index contributed by atoms with van der Waals surface area (Å²) in [5.74, 6) is 1.03. The highest BCUT2D eigenvalue weighted by Gasteiger charge is 2.38. The number of nitrogens with zero attached hydrogens (tertiary/aromatic N) is 2. The topological polar surface area (TPSA) is 75.3 Å². The number of hydrogen-bond acceptors (Lipinski definition) is 4. The van der Waals surface area contributed by atoms with Crippen molar-refractivity contribution in [2.45, 2.75) is 37.4 Å². The van der Waals surface area contributed by atoms with E-state index in [1.54, 1.807) is 4.31 Å². The monoisotopic (exact) mass is 349 g/mol. The van der Waals surface area contributed by atoms with Crippen LogP contribution in [0.4, 0.5) is 0 Å². The lowest BCUT2D eigenvalue weighted by molar-refractivity contribution is 0.197. The van der Waals surface area contributed by atoms with Crippen molar-refractivity contribution >= 4 is 21.1 Å². The third-order valence-corrected chi connectivity index (χ3v) is 7.36. The highest BCUT2D eigenvalue weighted by atomic mass is 32.2. The van der Waals surface area contributed by atoms with E-state index >= 15 is 0 Å². The third-order valence-electron chi connectivity index (χ3n) is 5.10. The van der Waals surface area contributed by atoms with E-state index in [0.717, 1.165) is 29.7 Å². The van der Waals surface area contributed by atoms with Crippen LogP contribution in [0.5, 0.6) is 0 Å². The molecule has 0 amide bonds. The van der Waals surface area contributed by atoms with E-state index in [4.69, 9.17) is 4.74 Å². The minimum Gasteiger partial charge on any atom is -0.380 e. The van der Waals surface area contributed by atoms with Crippen LogP contribution in [0.1, 0.15) is 36.6 Å². The molecule has 0 bridgehead atoms. The van der Waals surface area contributed by atoms with Gasteiger partial charge in [-0.05, 0) is 43.9 Å². The summed E-state index contributed by atoms with van der Waals surface area (Å²) in [5.41, 5.74) is 3.15. The maximum atomic E-state index is 12.8. The van der Waals surface area contributed by atoms with Crippen molar-refractivity contribution in [3.8, 4) is 0 Å². The molecule has 0 aliphatic carbocycles. The molecule has 2 saturated heterocycles. The highest BCUT2D eigenvalue weighted by molar-refractivity contribution is 7.89. The number of nitrogens with one attached hydrogen (secondary N) is 1. The van der Waals surface area contributed by atoms with E-state index in [9.17, 15) is 8.42 Å². The van der Waals surface area contributed by atoms with Gasteiger partial charge in [-0.25, -0.2) is 17.7 Å². The lowest BCUT2D eigenvalue weighted by atomic mass is 9.99. The average molecular weight is 349 g/mol. The molecular formula is C17H23N3O3S. The molecule has 130 valence electrons. The number of aromatic amines is 1. The fourth-order valence-corrected chi connectivity index (χ4v) is 5.55. The number of H-pyrrole nitrogens is 1. The van der Waals surface area contributed by atoms with E-state index in [1.165, 1.54) is 5.56 Å². The number of hydrogen-bond donors (Lipinski definition) is 1. The van der Waals surface area contributed by atoms with Crippen molar-refractivity contribution in [2.75, 3.05) is 26.3 Å². The zero-order chi connectivity index (χ0) is 16.7. The number of benzene rings is 1. The lowest BCUT2D eigenvalue weighted by Gasteiger charge is -2.32. The van der Waals surface area contributed by atoms with Gasteiger partial charge in [-0.1, -0.05) is 6.07 Å². The standard InChI is InChI=1S/C17H23N3O3S/c1-12-4-5-15-16(9-12)19-17(18-15)13-3-2-7-20(10-13)24(21,22)14-6-8-23-11-14/h4-5,9,13-14H,2-3,6-8,10-11H2,1H3,(H,18,19). The predicted octanol–water partition coefficient (Wildman–Crippen LogP) is 2.17. The fraction of sp³-hybridized carbons (Fsp3) is 0.588. The molecule has 2 aliphatic heterocycles. The number of aromatic nitrogens is 2. The summed E-state index contributed by atoms with van der Waals surface area (Å²) >= 11 is 0. The molecule has 2 aromatic rings. The molecule has 0 radical (unpaired) electrons. The van der Waals surface area contributed by atoms with Crippen molar-refractivity contribution < 1.29 is 13.2 Å². The SMILES string of the molecule is Cc1ccc2nc(C3CCCN(S(=O)(=O)C4CCOC4)C3)[nH]c2c1. The lowest BCUT2D eigenvalue weighted by Crippen LogP contribution is -2.44. The van der Waals surface area contributed by atoms with Gasteiger partial charge in [0.2, 0.25) is 10.0 Å². The van der Waals surface area contributed by atoms with Gasteiger partial charge in [-0.15, -0.1) is 0 Å². The van der Waals surface area contributed by atoms with E-state index < -0.39 is 10.0 Å². The second-order valence-corrected chi connectivity index (χ2v) is 9.08. The number of piperidine rings is 1. The second kappa shape index (κ2) is 6.13. The molecule has 2 unspecified atom stereocenters.